The number of nitrogens with zero attached hydrogens (tertiary/aromatic N) is 9. The molecule has 4 atom stereocenters. The number of benzene rings is 3. The van der Waals surface area contributed by atoms with Crippen molar-refractivity contribution in [3.05, 3.63) is 125 Å². The Morgan fingerprint density at radius 3 is 2.05 bits per heavy atom. The molecule has 93 heavy (non-hydrogen) atoms. The van der Waals surface area contributed by atoms with Crippen LogP contribution in [-0.2, 0) is 25.7 Å². The molecule has 20 nitrogen and oxygen atoms in total. The van der Waals surface area contributed by atoms with Crippen LogP contribution in [0, 0.1) is 24.2 Å². The second-order valence-corrected chi connectivity index (χ2v) is 28.2. The average molecular weight is 1320 g/mol. The van der Waals surface area contributed by atoms with Gasteiger partial charge in [-0.2, -0.15) is 0 Å². The number of pyridine rings is 1. The lowest BCUT2D eigenvalue weighted by atomic mass is 9.85. The molecule has 504 valence electrons. The zero-order chi connectivity index (χ0) is 64.9. The maximum Gasteiger partial charge on any atom is 0.260 e. The molecular weight excluding hydrogens is 1220 g/mol. The molecular formula is C71H99ClN12O8S. The molecule has 5 aliphatic rings. The fourth-order valence-corrected chi connectivity index (χ4v) is 14.6. The van der Waals surface area contributed by atoms with Crippen molar-refractivity contribution in [2.24, 2.45) is 17.3 Å². The van der Waals surface area contributed by atoms with E-state index in [2.05, 4.69) is 46.6 Å². The van der Waals surface area contributed by atoms with E-state index in [0.717, 1.165) is 163 Å². The van der Waals surface area contributed by atoms with Gasteiger partial charge in [-0.05, 0) is 174 Å². The van der Waals surface area contributed by atoms with Crippen molar-refractivity contribution in [2.75, 3.05) is 125 Å². The lowest BCUT2D eigenvalue weighted by Crippen LogP contribution is -2.59. The lowest BCUT2D eigenvalue weighted by Gasteiger charge is -2.40. The van der Waals surface area contributed by atoms with Gasteiger partial charge in [0.2, 0.25) is 17.7 Å². The number of carbonyl (C=O) groups excluding carboxylic acids is 5. The third kappa shape index (κ3) is 19.5. The third-order valence-electron chi connectivity index (χ3n) is 19.4. The van der Waals surface area contributed by atoms with Crippen molar-refractivity contribution in [3.8, 4) is 27.7 Å². The topological polar surface area (TPSA) is 209 Å². The molecule has 0 aliphatic carbocycles. The average Bonchev–Trinajstić information content (AvgIpc) is 1.77. The Balaban J connectivity index is 0.0000102. The molecule has 0 bridgehead atoms. The Kier molecular flexibility index (Phi) is 25.3. The number of aryl methyl sites for hydroxylation is 1. The number of halogens is 1. The highest BCUT2D eigenvalue weighted by Crippen LogP contribution is 2.33. The molecule has 4 N–H and O–H groups in total. The Labute approximate surface area is 560 Å². The molecule has 5 aliphatic heterocycles. The van der Waals surface area contributed by atoms with E-state index in [-0.39, 0.29) is 74.1 Å². The first-order chi connectivity index (χ1) is 44.3. The van der Waals surface area contributed by atoms with Crippen molar-refractivity contribution >= 4 is 53.3 Å². The summed E-state index contributed by atoms with van der Waals surface area (Å²) in [6.07, 6.45) is 7.58. The van der Waals surface area contributed by atoms with Crippen LogP contribution in [-0.4, -0.2) is 223 Å². The van der Waals surface area contributed by atoms with Crippen LogP contribution in [0.15, 0.2) is 96.6 Å². The number of likely N-dealkylation sites (N-methyl/N-ethyl adjacent to an activating group) is 1. The highest BCUT2D eigenvalue weighted by Gasteiger charge is 2.45. The summed E-state index contributed by atoms with van der Waals surface area (Å²) >= 11 is 1.59. The Bertz CT molecular complexity index is 3250. The molecule has 22 heteroatoms. The van der Waals surface area contributed by atoms with E-state index in [1.165, 1.54) is 4.90 Å². The number of piperidine rings is 3. The fraction of sp³-hybridized carbons (Fsp3) is 0.563. The summed E-state index contributed by atoms with van der Waals surface area (Å²) < 4.78 is 12.1. The number of hydrogen-bond donors (Lipinski definition) is 4. The summed E-state index contributed by atoms with van der Waals surface area (Å²) in [4.78, 5) is 93.9. The molecule has 0 unspecified atom stereocenters. The number of ether oxygens (including phenoxy) is 2. The Morgan fingerprint density at radius 1 is 0.753 bits per heavy atom. The number of amides is 5. The summed E-state index contributed by atoms with van der Waals surface area (Å²) in [7, 11) is 3.82. The van der Waals surface area contributed by atoms with Crippen LogP contribution in [0.1, 0.15) is 117 Å². The molecule has 0 saturated carbocycles. The zero-order valence-corrected chi connectivity index (χ0v) is 57.2. The maximum atomic E-state index is 14.3. The number of piperazine rings is 1. The minimum absolute atomic E-state index is 0. The molecule has 0 spiro atoms. The number of carbonyl (C=O) groups is 5. The third-order valence-corrected chi connectivity index (χ3v) is 20.4. The van der Waals surface area contributed by atoms with Gasteiger partial charge in [0.25, 0.3) is 11.8 Å². The predicted octanol–water partition coefficient (Wildman–Crippen LogP) is 7.72. The fourth-order valence-electron chi connectivity index (χ4n) is 13.8. The monoisotopic (exact) mass is 1310 g/mol. The van der Waals surface area contributed by atoms with Gasteiger partial charge in [-0.3, -0.25) is 33.9 Å². The minimum Gasteiger partial charge on any atom is -0.484 e. The van der Waals surface area contributed by atoms with Gasteiger partial charge in [-0.25, -0.2) is 4.98 Å². The number of rotatable bonds is 24. The summed E-state index contributed by atoms with van der Waals surface area (Å²) in [5.41, 5.74) is 6.85. The number of aliphatic hydroxyl groups is 1. The van der Waals surface area contributed by atoms with E-state index in [1.54, 1.807) is 34.4 Å². The summed E-state index contributed by atoms with van der Waals surface area (Å²) in [6.45, 7) is 23.5. The highest BCUT2D eigenvalue weighted by molar-refractivity contribution is 7.13. The van der Waals surface area contributed by atoms with E-state index in [4.69, 9.17) is 14.5 Å². The molecule has 7 heterocycles. The first kappa shape index (κ1) is 70.7. The maximum absolute atomic E-state index is 14.3. The van der Waals surface area contributed by atoms with Gasteiger partial charge < -0.3 is 59.9 Å². The summed E-state index contributed by atoms with van der Waals surface area (Å²) in [5, 5.41) is 20.2. The second-order valence-electron chi connectivity index (χ2n) is 27.4. The number of β-amino-alcohol motifs (C(OH)–C–C–N with tert-alkyl or cyclic N) is 1. The Hall–Kier alpha value is -6.56. The number of likely N-dealkylation sites (tertiary alicyclic amines) is 4. The number of thiazole rings is 1. The normalized spacial score (nSPS) is 20.0. The van der Waals surface area contributed by atoms with E-state index < -0.39 is 23.6 Å². The predicted molar refractivity (Wildman–Crippen MR) is 366 cm³/mol. The minimum atomic E-state index is -0.886. The van der Waals surface area contributed by atoms with E-state index in [1.807, 2.05) is 126 Å². The first-order valence-electron chi connectivity index (χ1n) is 33.4. The second kappa shape index (κ2) is 33.2. The zero-order valence-electron chi connectivity index (χ0n) is 55.6. The molecule has 0 radical (unpaired) electrons. The van der Waals surface area contributed by atoms with Crippen LogP contribution in [0.5, 0.6) is 17.2 Å². The van der Waals surface area contributed by atoms with Gasteiger partial charge in [0.15, 0.2) is 6.61 Å². The van der Waals surface area contributed by atoms with Gasteiger partial charge in [0.1, 0.15) is 29.3 Å². The molecule has 5 saturated heterocycles. The Morgan fingerprint density at radius 2 is 1.40 bits per heavy atom. The van der Waals surface area contributed by atoms with E-state index in [0.29, 0.717) is 47.1 Å². The van der Waals surface area contributed by atoms with Crippen LogP contribution >= 0.6 is 23.7 Å². The van der Waals surface area contributed by atoms with Crippen LogP contribution in [0.25, 0.3) is 10.4 Å². The number of aliphatic hydroxyl groups excluding tert-OH is 1. The van der Waals surface area contributed by atoms with Crippen molar-refractivity contribution in [3.63, 3.8) is 0 Å². The SMILES string of the molecule is CNCCN1CCC(c2cc(CN(C)C(=O)c3cccc(Oc4ccc(OCC(=O)N5CCC(CN6CCC(CN7CCN(CC(=O)N[C@H](C(=O)N8C[C@H](O)C[C@H]8C(=O)N[C@@H](C)c8ccc(-c9scnc9C)cc8)C(C)(C)C)CC7)CC6)CC5)cc4)c3)ccn2)CC1.Cl. The van der Waals surface area contributed by atoms with Gasteiger partial charge in [-0.15, -0.1) is 23.7 Å². The van der Waals surface area contributed by atoms with Crippen molar-refractivity contribution in [1.82, 2.24) is 60.2 Å². The van der Waals surface area contributed by atoms with Crippen LogP contribution in [0.3, 0.4) is 0 Å². The molecule has 10 rings (SSSR count). The van der Waals surface area contributed by atoms with Gasteiger partial charge in [0, 0.05) is 115 Å². The first-order valence-corrected chi connectivity index (χ1v) is 34.3. The molecule has 5 aromatic rings. The molecule has 2 aromatic heterocycles. The van der Waals surface area contributed by atoms with Crippen molar-refractivity contribution < 1.29 is 38.6 Å². The number of nitrogens with one attached hydrogen (secondary N) is 3. The van der Waals surface area contributed by atoms with Gasteiger partial charge in [-0.1, -0.05) is 51.1 Å². The van der Waals surface area contributed by atoms with Crippen LogP contribution in [0.4, 0.5) is 0 Å². The standard InChI is InChI=1S/C71H98N12O8S.ClH/c1-49(54-11-13-56(14-12-54)66-50(2)74-48-92-66)75-68(87)63-41-58(84)45-83(63)70(89)67(71(3,4)5)76-64(85)46-81-37-35-80(36-38-81)44-51-20-28-79(29-21-51)43-52-22-32-82(33-23-52)65(86)47-90-59-15-17-60(18-16-59)91-61-10-8-9-57(40-61)69(88)77(7)42-53-19-26-73-62(39-53)55-24-30-78(31-25-55)34-27-72-6;/h8-19,26,39-40,48-49,51-52,55,58,63,67,72,84H,20-25,27-38,41-47H2,1-7H3,(H,75,87)(H,76,85);1H/t49-,58+,63-,67+;/m0./s1. The van der Waals surface area contributed by atoms with Crippen molar-refractivity contribution in [2.45, 2.75) is 116 Å². The van der Waals surface area contributed by atoms with Gasteiger partial charge in [0.05, 0.1) is 34.8 Å². The van der Waals surface area contributed by atoms with Crippen LogP contribution in [0.2, 0.25) is 0 Å². The highest BCUT2D eigenvalue weighted by atomic mass is 35.5. The molecule has 5 fully saturated rings. The lowest BCUT2D eigenvalue weighted by molar-refractivity contribution is -0.144. The number of hydrogen-bond acceptors (Lipinski definition) is 16. The number of aromatic nitrogens is 2. The smallest absolute Gasteiger partial charge is 0.260 e. The summed E-state index contributed by atoms with van der Waals surface area (Å²) in [6, 6.07) is 24.6. The molecule has 3 aromatic carbocycles. The van der Waals surface area contributed by atoms with Crippen LogP contribution < -0.4 is 25.4 Å². The van der Waals surface area contributed by atoms with Gasteiger partial charge >= 0.3 is 0 Å². The largest absolute Gasteiger partial charge is 0.484 e. The summed E-state index contributed by atoms with van der Waals surface area (Å²) in [5.74, 6) is 2.31. The quantitative estimate of drug-likeness (QED) is 0.0467. The van der Waals surface area contributed by atoms with Crippen molar-refractivity contribution in [1.29, 1.82) is 0 Å². The molecule has 5 amide bonds. The van der Waals surface area contributed by atoms with E-state index >= 15 is 0 Å². The van der Waals surface area contributed by atoms with E-state index in [9.17, 15) is 29.1 Å².